The van der Waals surface area contributed by atoms with E-state index in [0.29, 0.717) is 17.9 Å². The monoisotopic (exact) mass is 254 g/mol. The Hall–Kier alpha value is -1.48. The first kappa shape index (κ1) is 13.6. The van der Waals surface area contributed by atoms with E-state index in [0.717, 1.165) is 23.0 Å². The Balaban J connectivity index is 2.76. The van der Waals surface area contributed by atoms with Crippen LogP contribution in [-0.4, -0.2) is 18.2 Å². The lowest BCUT2D eigenvalue weighted by Crippen LogP contribution is -1.94. The molecule has 4 heteroatoms. The minimum absolute atomic E-state index is 0.641. The van der Waals surface area contributed by atoms with Crippen molar-refractivity contribution in [1.82, 2.24) is 0 Å². The lowest BCUT2D eigenvalue weighted by atomic mass is 10.1. The highest BCUT2D eigenvalue weighted by molar-refractivity contribution is 6.31. The molecular weight excluding hydrogens is 240 g/mol. The van der Waals surface area contributed by atoms with Gasteiger partial charge in [-0.05, 0) is 43.0 Å². The van der Waals surface area contributed by atoms with Gasteiger partial charge in [0, 0.05) is 11.1 Å². The van der Waals surface area contributed by atoms with E-state index in [1.807, 2.05) is 19.1 Å². The molecule has 1 aromatic rings. The average Bonchev–Trinajstić information content (AvgIpc) is 2.28. The van der Waals surface area contributed by atoms with Crippen molar-refractivity contribution in [3.8, 4) is 5.75 Å². The predicted octanol–water partition coefficient (Wildman–Crippen LogP) is 3.23. The standard InChI is InChI=1S/C13H15ClO3/c1-9-7-12(17-2)10(8-11(9)14)5-3-4-6-13(15)16/h4,6-8H,3,5H2,1-2H3,(H,15,16)/b6-4+. The minimum atomic E-state index is -0.932. The average molecular weight is 255 g/mol. The Labute approximate surface area is 106 Å². The summed E-state index contributed by atoms with van der Waals surface area (Å²) in [5.74, 6) is -0.144. The molecule has 0 radical (unpaired) electrons. The second-order valence-corrected chi connectivity index (χ2v) is 4.10. The molecule has 0 fully saturated rings. The number of aryl methyl sites for hydroxylation is 2. The van der Waals surface area contributed by atoms with Gasteiger partial charge in [0.1, 0.15) is 5.75 Å². The number of halogens is 1. The number of methoxy groups -OCH3 is 1. The SMILES string of the molecule is COc1cc(C)c(Cl)cc1CC/C=C/C(=O)O. The quantitative estimate of drug-likeness (QED) is 0.821. The second kappa shape index (κ2) is 6.30. The summed E-state index contributed by atoms with van der Waals surface area (Å²) in [6, 6.07) is 3.75. The molecule has 0 spiro atoms. The number of rotatable bonds is 5. The zero-order valence-electron chi connectivity index (χ0n) is 9.87. The summed E-state index contributed by atoms with van der Waals surface area (Å²) in [4.78, 5) is 10.3. The molecule has 1 aromatic carbocycles. The molecule has 1 rings (SSSR count). The molecule has 0 saturated carbocycles. The van der Waals surface area contributed by atoms with Crippen molar-refractivity contribution in [3.63, 3.8) is 0 Å². The van der Waals surface area contributed by atoms with Crippen LogP contribution in [0.2, 0.25) is 5.02 Å². The number of carboxylic acid groups (broad SMARTS) is 1. The van der Waals surface area contributed by atoms with Gasteiger partial charge in [0.25, 0.3) is 0 Å². The van der Waals surface area contributed by atoms with E-state index in [-0.39, 0.29) is 0 Å². The summed E-state index contributed by atoms with van der Waals surface area (Å²) in [5, 5.41) is 9.16. The van der Waals surface area contributed by atoms with Gasteiger partial charge in [-0.1, -0.05) is 17.7 Å². The smallest absolute Gasteiger partial charge is 0.327 e. The van der Waals surface area contributed by atoms with Crippen LogP contribution in [0.4, 0.5) is 0 Å². The Kier molecular flexibility index (Phi) is 5.04. The summed E-state index contributed by atoms with van der Waals surface area (Å²) in [5.41, 5.74) is 1.95. The molecule has 1 N–H and O–H groups in total. The third kappa shape index (κ3) is 4.11. The molecule has 17 heavy (non-hydrogen) atoms. The van der Waals surface area contributed by atoms with Crippen molar-refractivity contribution in [2.75, 3.05) is 7.11 Å². The number of ether oxygens (including phenoxy) is 1. The van der Waals surface area contributed by atoms with E-state index >= 15 is 0 Å². The molecule has 0 aliphatic rings. The molecular formula is C13H15ClO3. The van der Waals surface area contributed by atoms with Crippen LogP contribution in [0.25, 0.3) is 0 Å². The highest BCUT2D eigenvalue weighted by Gasteiger charge is 2.06. The van der Waals surface area contributed by atoms with Gasteiger partial charge >= 0.3 is 5.97 Å². The first-order valence-electron chi connectivity index (χ1n) is 5.27. The van der Waals surface area contributed by atoms with Crippen molar-refractivity contribution in [2.45, 2.75) is 19.8 Å². The number of benzene rings is 1. The van der Waals surface area contributed by atoms with Crippen LogP contribution in [-0.2, 0) is 11.2 Å². The van der Waals surface area contributed by atoms with E-state index < -0.39 is 5.97 Å². The lowest BCUT2D eigenvalue weighted by Gasteiger charge is -2.09. The molecule has 0 atom stereocenters. The predicted molar refractivity (Wildman–Crippen MR) is 67.8 cm³/mol. The molecule has 3 nitrogen and oxygen atoms in total. The third-order valence-electron chi connectivity index (χ3n) is 2.40. The van der Waals surface area contributed by atoms with Crippen LogP contribution in [0.15, 0.2) is 24.3 Å². The van der Waals surface area contributed by atoms with Crippen molar-refractivity contribution >= 4 is 17.6 Å². The molecule has 0 heterocycles. The maximum absolute atomic E-state index is 10.3. The maximum Gasteiger partial charge on any atom is 0.327 e. The van der Waals surface area contributed by atoms with Crippen molar-refractivity contribution in [2.24, 2.45) is 0 Å². The number of hydrogen-bond acceptors (Lipinski definition) is 2. The number of carboxylic acids is 1. The van der Waals surface area contributed by atoms with Crippen molar-refractivity contribution in [3.05, 3.63) is 40.4 Å². The van der Waals surface area contributed by atoms with Gasteiger partial charge in [0.15, 0.2) is 0 Å². The highest BCUT2D eigenvalue weighted by atomic mass is 35.5. The molecule has 0 aromatic heterocycles. The number of aliphatic carboxylic acids is 1. The molecule has 0 aliphatic carbocycles. The van der Waals surface area contributed by atoms with E-state index in [2.05, 4.69) is 0 Å². The molecule has 0 amide bonds. The Morgan fingerprint density at radius 3 is 2.82 bits per heavy atom. The number of allylic oxidation sites excluding steroid dienone is 1. The van der Waals surface area contributed by atoms with Gasteiger partial charge in [-0.25, -0.2) is 4.79 Å². The molecule has 92 valence electrons. The maximum atomic E-state index is 10.3. The van der Waals surface area contributed by atoms with E-state index in [4.69, 9.17) is 21.4 Å². The normalized spacial score (nSPS) is 10.8. The molecule has 0 aliphatic heterocycles. The summed E-state index contributed by atoms with van der Waals surface area (Å²) in [6.07, 6.45) is 4.10. The Morgan fingerprint density at radius 2 is 2.24 bits per heavy atom. The minimum Gasteiger partial charge on any atom is -0.496 e. The number of carbonyl (C=O) groups is 1. The van der Waals surface area contributed by atoms with Gasteiger partial charge in [0.2, 0.25) is 0 Å². The first-order chi connectivity index (χ1) is 8.04. The van der Waals surface area contributed by atoms with Crippen LogP contribution in [0.1, 0.15) is 17.5 Å². The summed E-state index contributed by atoms with van der Waals surface area (Å²) >= 11 is 6.04. The van der Waals surface area contributed by atoms with Gasteiger partial charge < -0.3 is 9.84 Å². The largest absolute Gasteiger partial charge is 0.496 e. The van der Waals surface area contributed by atoms with Crippen LogP contribution in [0.5, 0.6) is 5.75 Å². The van der Waals surface area contributed by atoms with Crippen molar-refractivity contribution < 1.29 is 14.6 Å². The highest BCUT2D eigenvalue weighted by Crippen LogP contribution is 2.27. The second-order valence-electron chi connectivity index (χ2n) is 3.69. The van der Waals surface area contributed by atoms with Gasteiger partial charge in [-0.15, -0.1) is 0 Å². The van der Waals surface area contributed by atoms with Crippen molar-refractivity contribution in [1.29, 1.82) is 0 Å². The Morgan fingerprint density at radius 1 is 1.53 bits per heavy atom. The van der Waals surface area contributed by atoms with Crippen LogP contribution in [0, 0.1) is 6.92 Å². The number of hydrogen-bond donors (Lipinski definition) is 1. The zero-order chi connectivity index (χ0) is 12.8. The summed E-state index contributed by atoms with van der Waals surface area (Å²) in [6.45, 7) is 1.92. The fraction of sp³-hybridized carbons (Fsp3) is 0.308. The van der Waals surface area contributed by atoms with Crippen LogP contribution < -0.4 is 4.74 Å². The van der Waals surface area contributed by atoms with E-state index in [1.54, 1.807) is 13.2 Å². The van der Waals surface area contributed by atoms with Crippen LogP contribution in [0.3, 0.4) is 0 Å². The Bertz CT molecular complexity index is 439. The zero-order valence-corrected chi connectivity index (χ0v) is 10.6. The first-order valence-corrected chi connectivity index (χ1v) is 5.65. The summed E-state index contributed by atoms with van der Waals surface area (Å²) < 4.78 is 5.26. The fourth-order valence-corrected chi connectivity index (χ4v) is 1.69. The molecule has 0 unspecified atom stereocenters. The van der Waals surface area contributed by atoms with E-state index in [9.17, 15) is 4.79 Å². The lowest BCUT2D eigenvalue weighted by molar-refractivity contribution is -0.131. The van der Waals surface area contributed by atoms with Gasteiger partial charge in [0.05, 0.1) is 7.11 Å². The van der Waals surface area contributed by atoms with Gasteiger partial charge in [-0.3, -0.25) is 0 Å². The van der Waals surface area contributed by atoms with Gasteiger partial charge in [-0.2, -0.15) is 0 Å². The molecule has 0 saturated heterocycles. The van der Waals surface area contributed by atoms with Crippen LogP contribution >= 0.6 is 11.6 Å². The topological polar surface area (TPSA) is 46.5 Å². The molecule has 0 bridgehead atoms. The van der Waals surface area contributed by atoms with E-state index in [1.165, 1.54) is 0 Å². The summed E-state index contributed by atoms with van der Waals surface area (Å²) in [7, 11) is 1.61. The third-order valence-corrected chi connectivity index (χ3v) is 2.81. The fourth-order valence-electron chi connectivity index (χ4n) is 1.50.